The molecule has 1 aliphatic rings. The predicted molar refractivity (Wildman–Crippen MR) is 74.8 cm³/mol. The van der Waals surface area contributed by atoms with Gasteiger partial charge >= 0.3 is 5.97 Å². The summed E-state index contributed by atoms with van der Waals surface area (Å²) in [5.41, 5.74) is 0.802. The van der Waals surface area contributed by atoms with Crippen LogP contribution in [0.4, 0.5) is 0 Å². The van der Waals surface area contributed by atoms with E-state index >= 15 is 0 Å². The Balaban J connectivity index is 2.36. The third-order valence-corrected chi connectivity index (χ3v) is 4.73. The fourth-order valence-electron chi connectivity index (χ4n) is 3.10. The molecule has 1 aliphatic carbocycles. The van der Waals surface area contributed by atoms with Crippen molar-refractivity contribution in [3.05, 3.63) is 22.4 Å². The monoisotopic (exact) mass is 277 g/mol. The van der Waals surface area contributed by atoms with E-state index in [0.29, 0.717) is 6.61 Å². The van der Waals surface area contributed by atoms with Gasteiger partial charge in [-0.05, 0) is 42.2 Å². The zero-order valence-electron chi connectivity index (χ0n) is 11.2. The Morgan fingerprint density at radius 3 is 2.79 bits per heavy atom. The molecule has 3 nitrogen and oxygen atoms in total. The van der Waals surface area contributed by atoms with Crippen molar-refractivity contribution in [2.24, 2.45) is 5.92 Å². The molecule has 0 saturated heterocycles. The maximum atomic E-state index is 12.1. The van der Waals surface area contributed by atoms with Crippen molar-refractivity contribution in [1.82, 2.24) is 0 Å². The van der Waals surface area contributed by atoms with Crippen LogP contribution in [0.25, 0.3) is 0 Å². The molecule has 4 heteroatoms. The van der Waals surface area contributed by atoms with Crippen LogP contribution in [0.3, 0.4) is 0 Å². The number of hydrogen-bond donors (Lipinski definition) is 0. The van der Waals surface area contributed by atoms with Gasteiger partial charge in [-0.25, -0.2) is 0 Å². The summed E-state index contributed by atoms with van der Waals surface area (Å²) in [6.07, 6.45) is 5.15. The van der Waals surface area contributed by atoms with Crippen LogP contribution in [0.5, 0.6) is 0 Å². The predicted octanol–water partition coefficient (Wildman–Crippen LogP) is 3.65. The average Bonchev–Trinajstić information content (AvgIpc) is 2.95. The number of carbonyl (C=O) groups excluding carboxylic acids is 1. The van der Waals surface area contributed by atoms with Crippen LogP contribution in [0, 0.1) is 17.2 Å². The summed E-state index contributed by atoms with van der Waals surface area (Å²) in [6.45, 7) is 2.11. The van der Waals surface area contributed by atoms with Gasteiger partial charge in [-0.2, -0.15) is 16.6 Å². The molecule has 1 aromatic heterocycles. The Hall–Kier alpha value is -1.34. The van der Waals surface area contributed by atoms with Gasteiger partial charge in [0.05, 0.1) is 12.7 Å². The number of rotatable bonds is 4. The van der Waals surface area contributed by atoms with E-state index in [0.717, 1.165) is 31.2 Å². The van der Waals surface area contributed by atoms with Gasteiger partial charge in [0.15, 0.2) is 5.92 Å². The molecule has 0 radical (unpaired) electrons. The first kappa shape index (κ1) is 14.1. The molecule has 1 fully saturated rings. The van der Waals surface area contributed by atoms with Crippen LogP contribution in [-0.4, -0.2) is 12.6 Å². The first-order valence-corrected chi connectivity index (χ1v) is 7.78. The molecular formula is C15H19NO2S. The minimum Gasteiger partial charge on any atom is -0.465 e. The third kappa shape index (κ3) is 2.66. The van der Waals surface area contributed by atoms with Crippen molar-refractivity contribution in [3.63, 3.8) is 0 Å². The molecule has 1 heterocycles. The summed E-state index contributed by atoms with van der Waals surface area (Å²) >= 11 is 1.62. The van der Waals surface area contributed by atoms with Crippen LogP contribution in [-0.2, 0) is 14.9 Å². The maximum absolute atomic E-state index is 12.1. The summed E-state index contributed by atoms with van der Waals surface area (Å²) < 4.78 is 5.11. The number of ether oxygens (including phenoxy) is 1. The van der Waals surface area contributed by atoms with Crippen LogP contribution >= 0.6 is 11.3 Å². The molecule has 0 N–H and O–H groups in total. The Bertz CT molecular complexity index is 455. The fraction of sp³-hybridized carbons (Fsp3) is 0.600. The lowest BCUT2D eigenvalue weighted by Crippen LogP contribution is -2.41. The highest BCUT2D eigenvalue weighted by Crippen LogP contribution is 2.46. The van der Waals surface area contributed by atoms with Crippen molar-refractivity contribution in [3.8, 4) is 6.07 Å². The second-order valence-electron chi connectivity index (χ2n) is 5.04. The Labute approximate surface area is 118 Å². The zero-order valence-corrected chi connectivity index (χ0v) is 12.0. The second-order valence-corrected chi connectivity index (χ2v) is 5.82. The van der Waals surface area contributed by atoms with E-state index in [1.807, 2.05) is 5.38 Å². The molecule has 0 unspecified atom stereocenters. The molecule has 0 spiro atoms. The Kier molecular flexibility index (Phi) is 4.60. The van der Waals surface area contributed by atoms with Crippen LogP contribution < -0.4 is 0 Å². The van der Waals surface area contributed by atoms with E-state index in [1.165, 1.54) is 6.42 Å². The molecule has 0 aliphatic heterocycles. The first-order valence-electron chi connectivity index (χ1n) is 6.83. The summed E-state index contributed by atoms with van der Waals surface area (Å²) in [6, 6.07) is 4.27. The van der Waals surface area contributed by atoms with Gasteiger partial charge in [0, 0.05) is 5.41 Å². The average molecular weight is 277 g/mol. The lowest BCUT2D eigenvalue weighted by atomic mass is 9.63. The number of hydrogen-bond acceptors (Lipinski definition) is 4. The normalized spacial score (nSPS) is 19.4. The molecule has 0 bridgehead atoms. The topological polar surface area (TPSA) is 50.1 Å². The molecule has 0 amide bonds. The zero-order chi connectivity index (χ0) is 13.7. The Morgan fingerprint density at radius 2 is 2.26 bits per heavy atom. The van der Waals surface area contributed by atoms with E-state index in [1.54, 1.807) is 18.3 Å². The van der Waals surface area contributed by atoms with Crippen molar-refractivity contribution in [2.75, 3.05) is 6.61 Å². The lowest BCUT2D eigenvalue weighted by molar-refractivity contribution is -0.148. The highest BCUT2D eigenvalue weighted by atomic mass is 32.1. The lowest BCUT2D eigenvalue weighted by Gasteiger charge is -2.39. The summed E-state index contributed by atoms with van der Waals surface area (Å²) in [5, 5.41) is 13.6. The van der Waals surface area contributed by atoms with E-state index in [2.05, 4.69) is 17.5 Å². The molecule has 0 aromatic carbocycles. The highest BCUT2D eigenvalue weighted by Gasteiger charge is 2.46. The van der Waals surface area contributed by atoms with E-state index in [-0.39, 0.29) is 11.4 Å². The molecule has 102 valence electrons. The van der Waals surface area contributed by atoms with Gasteiger partial charge in [0.25, 0.3) is 0 Å². The molecule has 1 saturated carbocycles. The quantitative estimate of drug-likeness (QED) is 0.789. The number of nitriles is 1. The van der Waals surface area contributed by atoms with Crippen molar-refractivity contribution >= 4 is 17.3 Å². The van der Waals surface area contributed by atoms with Gasteiger partial charge in [0.1, 0.15) is 0 Å². The van der Waals surface area contributed by atoms with Crippen LogP contribution in [0.15, 0.2) is 16.8 Å². The highest BCUT2D eigenvalue weighted by molar-refractivity contribution is 7.08. The molecule has 1 aromatic rings. The smallest absolute Gasteiger partial charge is 0.324 e. The summed E-state index contributed by atoms with van der Waals surface area (Å²) in [7, 11) is 0. The van der Waals surface area contributed by atoms with Gasteiger partial charge < -0.3 is 4.74 Å². The number of carbonyl (C=O) groups is 1. The van der Waals surface area contributed by atoms with Gasteiger partial charge in [-0.3, -0.25) is 4.79 Å². The summed E-state index contributed by atoms with van der Waals surface area (Å²) in [4.78, 5) is 12.1. The van der Waals surface area contributed by atoms with Crippen LogP contribution in [0.2, 0.25) is 0 Å². The first-order chi connectivity index (χ1) is 9.24. The van der Waals surface area contributed by atoms with Gasteiger partial charge in [-0.15, -0.1) is 0 Å². The molecule has 1 atom stereocenters. The van der Waals surface area contributed by atoms with Crippen molar-refractivity contribution in [2.45, 2.75) is 44.4 Å². The molecule has 2 rings (SSSR count). The third-order valence-electron chi connectivity index (χ3n) is 4.05. The number of esters is 1. The standard InChI is InChI=1S/C15H19NO2S/c1-2-18-14(17)13(10-16)15(7-4-3-5-8-15)12-6-9-19-11-12/h6,9,11,13H,2-5,7-8H2,1H3/t13-/m0/s1. The van der Waals surface area contributed by atoms with E-state index < -0.39 is 5.92 Å². The minimum atomic E-state index is -0.678. The van der Waals surface area contributed by atoms with E-state index in [4.69, 9.17) is 4.74 Å². The number of nitrogens with zero attached hydrogens (tertiary/aromatic N) is 1. The van der Waals surface area contributed by atoms with Gasteiger partial charge in [0.2, 0.25) is 0 Å². The van der Waals surface area contributed by atoms with Crippen molar-refractivity contribution < 1.29 is 9.53 Å². The van der Waals surface area contributed by atoms with Gasteiger partial charge in [-0.1, -0.05) is 19.3 Å². The minimum absolute atomic E-state index is 0.330. The SMILES string of the molecule is CCOC(=O)[C@H](C#N)C1(c2ccsc2)CCCCC1. The second kappa shape index (κ2) is 6.21. The molecule has 19 heavy (non-hydrogen) atoms. The maximum Gasteiger partial charge on any atom is 0.324 e. The van der Waals surface area contributed by atoms with Crippen LogP contribution in [0.1, 0.15) is 44.6 Å². The molecular weight excluding hydrogens is 258 g/mol. The Morgan fingerprint density at radius 1 is 1.53 bits per heavy atom. The largest absolute Gasteiger partial charge is 0.465 e. The fourth-order valence-corrected chi connectivity index (χ4v) is 3.87. The van der Waals surface area contributed by atoms with E-state index in [9.17, 15) is 10.1 Å². The summed E-state index contributed by atoms with van der Waals surface area (Å²) in [5.74, 6) is -1.04. The van der Waals surface area contributed by atoms with Crippen molar-refractivity contribution in [1.29, 1.82) is 5.26 Å². The number of thiophene rings is 1.